The second-order valence-electron chi connectivity index (χ2n) is 9.98. The fourth-order valence-electron chi connectivity index (χ4n) is 2.51. The molecule has 1 aliphatic heterocycles. The van der Waals surface area contributed by atoms with Gasteiger partial charge >= 0.3 is 5.97 Å². The first-order valence-electron chi connectivity index (χ1n) is 9.22. The SMILES string of the molecule is CC(C)(C)OC(=O)C[C@@H](C[C@H]1COC(C)(C)O1)O[Si](C)(C)C(C)(C)C. The Bertz CT molecular complexity index is 459. The van der Waals surface area contributed by atoms with Crippen LogP contribution in [0, 0.1) is 0 Å². The number of ether oxygens (including phenoxy) is 3. The van der Waals surface area contributed by atoms with Gasteiger partial charge in [0.2, 0.25) is 0 Å². The first-order chi connectivity index (χ1) is 11.0. The lowest BCUT2D eigenvalue weighted by Crippen LogP contribution is -2.45. The second-order valence-corrected chi connectivity index (χ2v) is 14.7. The maximum atomic E-state index is 12.3. The Balaban J connectivity index is 2.81. The second kappa shape index (κ2) is 7.67. The van der Waals surface area contributed by atoms with Crippen LogP contribution < -0.4 is 0 Å². The van der Waals surface area contributed by atoms with Crippen LogP contribution in [-0.2, 0) is 23.4 Å². The summed E-state index contributed by atoms with van der Waals surface area (Å²) in [5, 5.41) is 0.0749. The van der Waals surface area contributed by atoms with Crippen LogP contribution in [0.4, 0.5) is 0 Å². The van der Waals surface area contributed by atoms with Gasteiger partial charge in [0.05, 0.1) is 25.2 Å². The van der Waals surface area contributed by atoms with Crippen LogP contribution >= 0.6 is 0 Å². The first kappa shape index (κ1) is 22.6. The minimum absolute atomic E-state index is 0.0628. The molecule has 1 rings (SSSR count). The highest BCUT2D eigenvalue weighted by atomic mass is 28.4. The molecule has 6 heteroatoms. The number of hydrogen-bond acceptors (Lipinski definition) is 5. The van der Waals surface area contributed by atoms with Gasteiger partial charge in [-0.15, -0.1) is 0 Å². The Morgan fingerprint density at radius 2 is 1.76 bits per heavy atom. The van der Waals surface area contributed by atoms with Gasteiger partial charge in [-0.25, -0.2) is 0 Å². The molecule has 0 aromatic carbocycles. The third-order valence-corrected chi connectivity index (χ3v) is 9.21. The molecule has 1 fully saturated rings. The molecule has 148 valence electrons. The highest BCUT2D eigenvalue weighted by molar-refractivity contribution is 6.74. The molecule has 0 spiro atoms. The molecule has 0 aromatic rings. The van der Waals surface area contributed by atoms with Crippen LogP contribution in [0.3, 0.4) is 0 Å². The van der Waals surface area contributed by atoms with E-state index in [9.17, 15) is 4.79 Å². The summed E-state index contributed by atoms with van der Waals surface area (Å²) in [5.41, 5.74) is -0.492. The van der Waals surface area contributed by atoms with E-state index in [0.717, 1.165) is 0 Å². The van der Waals surface area contributed by atoms with Crippen molar-refractivity contribution in [3.63, 3.8) is 0 Å². The van der Waals surface area contributed by atoms with E-state index in [0.29, 0.717) is 13.0 Å². The summed E-state index contributed by atoms with van der Waals surface area (Å²) >= 11 is 0. The fourth-order valence-corrected chi connectivity index (χ4v) is 3.87. The van der Waals surface area contributed by atoms with Crippen LogP contribution in [0.1, 0.15) is 68.2 Å². The van der Waals surface area contributed by atoms with E-state index in [-0.39, 0.29) is 29.6 Å². The van der Waals surface area contributed by atoms with Crippen molar-refractivity contribution < 1.29 is 23.4 Å². The van der Waals surface area contributed by atoms with Crippen molar-refractivity contribution >= 4 is 14.3 Å². The fraction of sp³-hybridized carbons (Fsp3) is 0.947. The number of carbonyl (C=O) groups excluding carboxylic acids is 1. The van der Waals surface area contributed by atoms with Crippen LogP contribution in [0.5, 0.6) is 0 Å². The van der Waals surface area contributed by atoms with E-state index in [1.807, 2.05) is 34.6 Å². The Morgan fingerprint density at radius 1 is 1.20 bits per heavy atom. The summed E-state index contributed by atoms with van der Waals surface area (Å²) in [4.78, 5) is 12.3. The van der Waals surface area contributed by atoms with Crippen molar-refractivity contribution in [2.45, 2.75) is 110 Å². The number of carbonyl (C=O) groups is 1. The third-order valence-electron chi connectivity index (χ3n) is 4.67. The molecule has 0 unspecified atom stereocenters. The average Bonchev–Trinajstić information content (AvgIpc) is 2.63. The van der Waals surface area contributed by atoms with E-state index in [1.165, 1.54) is 0 Å². The number of hydrogen-bond donors (Lipinski definition) is 0. The van der Waals surface area contributed by atoms with Crippen LogP contribution in [0.25, 0.3) is 0 Å². The molecule has 0 bridgehead atoms. The lowest BCUT2D eigenvalue weighted by Gasteiger charge is -2.39. The summed E-state index contributed by atoms with van der Waals surface area (Å²) < 4.78 is 23.6. The molecule has 0 saturated carbocycles. The van der Waals surface area contributed by atoms with Gasteiger partial charge < -0.3 is 18.6 Å². The van der Waals surface area contributed by atoms with Gasteiger partial charge in [0.15, 0.2) is 14.1 Å². The summed E-state index contributed by atoms with van der Waals surface area (Å²) in [6.07, 6.45) is 0.588. The topological polar surface area (TPSA) is 54.0 Å². The monoisotopic (exact) mass is 374 g/mol. The summed E-state index contributed by atoms with van der Waals surface area (Å²) in [6, 6.07) is 0. The van der Waals surface area contributed by atoms with E-state index in [1.54, 1.807) is 0 Å². The predicted octanol–water partition coefficient (Wildman–Crippen LogP) is 4.65. The van der Waals surface area contributed by atoms with Crippen LogP contribution in [0.2, 0.25) is 18.1 Å². The van der Waals surface area contributed by atoms with Gasteiger partial charge in [0, 0.05) is 6.42 Å². The van der Waals surface area contributed by atoms with Gasteiger partial charge in [-0.05, 0) is 52.8 Å². The molecule has 25 heavy (non-hydrogen) atoms. The molecular weight excluding hydrogens is 336 g/mol. The standard InChI is InChI=1S/C19H38O5Si/c1-17(2,3)23-16(20)12-14(24-25(9,10)18(4,5)6)11-15-13-21-19(7,8)22-15/h14-15H,11-13H2,1-10H3/t14-,15+/m1/s1. The zero-order valence-corrected chi connectivity index (χ0v) is 18.8. The van der Waals surface area contributed by atoms with Gasteiger partial charge in [0.1, 0.15) is 5.60 Å². The van der Waals surface area contributed by atoms with Crippen molar-refractivity contribution in [1.82, 2.24) is 0 Å². The summed E-state index contributed by atoms with van der Waals surface area (Å²) in [5.74, 6) is -0.799. The molecule has 0 aliphatic carbocycles. The van der Waals surface area contributed by atoms with E-state index < -0.39 is 19.7 Å². The number of esters is 1. The molecule has 0 amide bonds. The van der Waals surface area contributed by atoms with Gasteiger partial charge in [-0.3, -0.25) is 4.79 Å². The van der Waals surface area contributed by atoms with Crippen molar-refractivity contribution in [3.05, 3.63) is 0 Å². The molecule has 5 nitrogen and oxygen atoms in total. The lowest BCUT2D eigenvalue weighted by molar-refractivity contribution is -0.157. The average molecular weight is 375 g/mol. The van der Waals surface area contributed by atoms with Crippen molar-refractivity contribution in [2.24, 2.45) is 0 Å². The Morgan fingerprint density at radius 3 is 2.16 bits per heavy atom. The lowest BCUT2D eigenvalue weighted by atomic mass is 10.1. The molecule has 0 N–H and O–H groups in total. The van der Waals surface area contributed by atoms with Gasteiger partial charge in [0.25, 0.3) is 0 Å². The van der Waals surface area contributed by atoms with Crippen LogP contribution in [0.15, 0.2) is 0 Å². The normalized spacial score (nSPS) is 22.7. The Kier molecular flexibility index (Phi) is 6.93. The van der Waals surface area contributed by atoms with Crippen molar-refractivity contribution in [2.75, 3.05) is 6.61 Å². The van der Waals surface area contributed by atoms with Crippen LogP contribution in [-0.4, -0.2) is 44.5 Å². The minimum atomic E-state index is -2.01. The van der Waals surface area contributed by atoms with E-state index in [4.69, 9.17) is 18.6 Å². The predicted molar refractivity (Wildman–Crippen MR) is 102 cm³/mol. The van der Waals surface area contributed by atoms with E-state index >= 15 is 0 Å². The van der Waals surface area contributed by atoms with Crippen molar-refractivity contribution in [3.8, 4) is 0 Å². The maximum Gasteiger partial charge on any atom is 0.308 e. The largest absolute Gasteiger partial charge is 0.460 e. The first-order valence-corrected chi connectivity index (χ1v) is 12.1. The Labute approximate surface area is 154 Å². The molecule has 0 radical (unpaired) electrons. The molecule has 0 aromatic heterocycles. The molecular formula is C19H38O5Si. The smallest absolute Gasteiger partial charge is 0.308 e. The highest BCUT2D eigenvalue weighted by Gasteiger charge is 2.41. The zero-order valence-electron chi connectivity index (χ0n) is 17.8. The minimum Gasteiger partial charge on any atom is -0.460 e. The summed E-state index contributed by atoms with van der Waals surface area (Å²) in [7, 11) is -2.01. The third kappa shape index (κ3) is 7.77. The number of rotatable bonds is 6. The zero-order chi connectivity index (χ0) is 19.7. The highest BCUT2D eigenvalue weighted by Crippen LogP contribution is 2.38. The van der Waals surface area contributed by atoms with E-state index in [2.05, 4.69) is 33.9 Å². The maximum absolute atomic E-state index is 12.3. The quantitative estimate of drug-likeness (QED) is 0.500. The molecule has 1 heterocycles. The molecule has 1 aliphatic rings. The summed E-state index contributed by atoms with van der Waals surface area (Å²) in [6.45, 7) is 21.0. The molecule has 2 atom stereocenters. The van der Waals surface area contributed by atoms with Gasteiger partial charge in [-0.2, -0.15) is 0 Å². The van der Waals surface area contributed by atoms with Gasteiger partial charge in [-0.1, -0.05) is 20.8 Å². The van der Waals surface area contributed by atoms with Crippen molar-refractivity contribution in [1.29, 1.82) is 0 Å². The molecule has 1 saturated heterocycles. The Hall–Kier alpha value is -0.433.